The van der Waals surface area contributed by atoms with Gasteiger partial charge in [0.25, 0.3) is 0 Å². The second-order valence-electron chi connectivity index (χ2n) is 5.75. The third-order valence-electron chi connectivity index (χ3n) is 4.11. The molecule has 0 fully saturated rings. The number of hydrogen-bond acceptors (Lipinski definition) is 3. The van der Waals surface area contributed by atoms with Crippen LogP contribution >= 0.6 is 11.6 Å². The summed E-state index contributed by atoms with van der Waals surface area (Å²) in [6.07, 6.45) is 7.91. The zero-order valence-electron chi connectivity index (χ0n) is 14.0. The Bertz CT molecular complexity index is 826. The molecule has 1 aromatic heterocycles. The molecule has 1 aromatic carbocycles. The largest absolute Gasteiger partial charge is 0.367 e. The van der Waals surface area contributed by atoms with Crippen LogP contribution in [-0.2, 0) is 17.4 Å². The third-order valence-corrected chi connectivity index (χ3v) is 4.36. The molecule has 1 aliphatic carbocycles. The lowest BCUT2D eigenvalue weighted by atomic mass is 9.89. The second-order valence-corrected chi connectivity index (χ2v) is 6.18. The molecule has 25 heavy (non-hydrogen) atoms. The molecule has 3 rings (SSSR count). The summed E-state index contributed by atoms with van der Waals surface area (Å²) in [5.74, 6) is 0. The van der Waals surface area contributed by atoms with Crippen molar-refractivity contribution in [3.8, 4) is 0 Å². The Balaban J connectivity index is 1.70. The van der Waals surface area contributed by atoms with Gasteiger partial charge in [-0.3, -0.25) is 4.68 Å². The molecule has 2 N–H and O–H groups in total. The first kappa shape index (κ1) is 17.3. The first-order chi connectivity index (χ1) is 12.0. The molecule has 2 amide bonds. The molecule has 130 valence electrons. The minimum atomic E-state index is -0.664. The number of ether oxygens (including phenoxy) is 1. The van der Waals surface area contributed by atoms with Gasteiger partial charge >= 0.3 is 6.03 Å². The van der Waals surface area contributed by atoms with Crippen LogP contribution in [0.25, 0.3) is 0 Å². The number of allylic oxidation sites excluding steroid dienone is 2. The molecule has 1 aliphatic rings. The lowest BCUT2D eigenvalue weighted by Crippen LogP contribution is -2.36. The smallest absolute Gasteiger partial charge is 0.323 e. The lowest BCUT2D eigenvalue weighted by molar-refractivity contribution is 0.0204. The van der Waals surface area contributed by atoms with Crippen LogP contribution in [0.3, 0.4) is 0 Å². The summed E-state index contributed by atoms with van der Waals surface area (Å²) in [5, 5.41) is 10.5. The Labute approximate surface area is 151 Å². The van der Waals surface area contributed by atoms with E-state index in [0.717, 1.165) is 11.4 Å². The van der Waals surface area contributed by atoms with Crippen LogP contribution < -0.4 is 10.6 Å². The molecule has 0 aliphatic heterocycles. The number of urea groups is 1. The highest BCUT2D eigenvalue weighted by atomic mass is 35.5. The van der Waals surface area contributed by atoms with Crippen LogP contribution in [0.2, 0.25) is 5.02 Å². The number of halogens is 1. The van der Waals surface area contributed by atoms with Gasteiger partial charge < -0.3 is 15.4 Å². The number of carbonyl (C=O) groups is 1. The number of amides is 2. The number of rotatable bonds is 4. The number of aromatic nitrogens is 2. The minimum absolute atomic E-state index is 0.320. The number of nitrogens with zero attached hydrogens (tertiary/aromatic N) is 2. The van der Waals surface area contributed by atoms with Gasteiger partial charge in [0.2, 0.25) is 0 Å². The van der Waals surface area contributed by atoms with Gasteiger partial charge in [0.1, 0.15) is 5.60 Å². The van der Waals surface area contributed by atoms with Crippen molar-refractivity contribution in [3.05, 3.63) is 71.2 Å². The van der Waals surface area contributed by atoms with Gasteiger partial charge in [-0.1, -0.05) is 17.7 Å². The third kappa shape index (κ3) is 3.75. The quantitative estimate of drug-likeness (QED) is 0.877. The first-order valence-corrected chi connectivity index (χ1v) is 8.16. The molecule has 2 aromatic rings. The number of benzene rings is 1. The summed E-state index contributed by atoms with van der Waals surface area (Å²) in [6, 6.07) is 8.51. The van der Waals surface area contributed by atoms with Crippen molar-refractivity contribution in [2.45, 2.75) is 12.0 Å². The molecule has 1 atom stereocenters. The van der Waals surface area contributed by atoms with Crippen LogP contribution in [0.5, 0.6) is 0 Å². The average Bonchev–Trinajstić information content (AvgIpc) is 3.04. The van der Waals surface area contributed by atoms with Crippen LogP contribution in [-0.4, -0.2) is 22.9 Å². The van der Waals surface area contributed by atoms with Gasteiger partial charge in [-0.2, -0.15) is 5.10 Å². The van der Waals surface area contributed by atoms with Crippen molar-refractivity contribution in [3.63, 3.8) is 0 Å². The summed E-state index contributed by atoms with van der Waals surface area (Å²) >= 11 is 5.85. The summed E-state index contributed by atoms with van der Waals surface area (Å²) in [7, 11) is 3.51. The van der Waals surface area contributed by atoms with Gasteiger partial charge in [-0.25, -0.2) is 4.79 Å². The van der Waals surface area contributed by atoms with Crippen LogP contribution in [0.15, 0.2) is 60.5 Å². The van der Waals surface area contributed by atoms with Crippen LogP contribution in [0.4, 0.5) is 10.5 Å². The normalized spacial score (nSPS) is 19.4. The number of nitrogens with one attached hydrogen (secondary N) is 2. The van der Waals surface area contributed by atoms with E-state index in [9.17, 15) is 4.79 Å². The zero-order chi connectivity index (χ0) is 17.9. The van der Waals surface area contributed by atoms with E-state index in [2.05, 4.69) is 15.7 Å². The van der Waals surface area contributed by atoms with Crippen molar-refractivity contribution < 1.29 is 9.53 Å². The number of anilines is 1. The van der Waals surface area contributed by atoms with Crippen molar-refractivity contribution in [2.75, 3.05) is 12.4 Å². The lowest BCUT2D eigenvalue weighted by Gasteiger charge is -2.32. The summed E-state index contributed by atoms with van der Waals surface area (Å²) in [4.78, 5) is 12.2. The molecule has 0 saturated heterocycles. The molecule has 0 spiro atoms. The van der Waals surface area contributed by atoms with Crippen LogP contribution in [0, 0.1) is 0 Å². The highest BCUT2D eigenvalue weighted by Crippen LogP contribution is 2.35. The van der Waals surface area contributed by atoms with Crippen molar-refractivity contribution in [1.82, 2.24) is 15.1 Å². The molecular weight excluding hydrogens is 340 g/mol. The monoisotopic (exact) mass is 358 g/mol. The topological polar surface area (TPSA) is 68.2 Å². The van der Waals surface area contributed by atoms with E-state index in [1.807, 2.05) is 31.3 Å². The number of hydrogen-bond donors (Lipinski definition) is 2. The van der Waals surface area contributed by atoms with Gasteiger partial charge in [0.05, 0.1) is 5.69 Å². The fraction of sp³-hybridized carbons (Fsp3) is 0.222. The fourth-order valence-electron chi connectivity index (χ4n) is 2.86. The summed E-state index contributed by atoms with van der Waals surface area (Å²) < 4.78 is 7.54. The number of aryl methyl sites for hydroxylation is 1. The molecule has 7 heteroatoms. The van der Waals surface area contributed by atoms with Gasteiger partial charge in [0.15, 0.2) is 0 Å². The maximum Gasteiger partial charge on any atom is 0.323 e. The Hall–Kier alpha value is -2.57. The predicted octanol–water partition coefficient (Wildman–Crippen LogP) is 3.58. The van der Waals surface area contributed by atoms with E-state index in [0.29, 0.717) is 17.1 Å². The van der Waals surface area contributed by atoms with Crippen molar-refractivity contribution in [2.24, 2.45) is 7.05 Å². The molecule has 6 nitrogen and oxygen atoms in total. The van der Waals surface area contributed by atoms with E-state index in [1.54, 1.807) is 42.3 Å². The number of methoxy groups -OCH3 is 1. The predicted molar refractivity (Wildman–Crippen MR) is 97.3 cm³/mol. The van der Waals surface area contributed by atoms with E-state index in [4.69, 9.17) is 16.3 Å². The molecular formula is C18H19ClN4O2. The van der Waals surface area contributed by atoms with Crippen molar-refractivity contribution in [1.29, 1.82) is 0 Å². The summed E-state index contributed by atoms with van der Waals surface area (Å²) in [5.41, 5.74) is 1.66. The highest BCUT2D eigenvalue weighted by Gasteiger charge is 2.35. The standard InChI is InChI=1S/C18H19ClN4O2/c1-23-16(9-11-20-23)18(25-2)10-3-4-15(12-18)22-17(24)21-14-7-5-13(19)6-8-14/h3-11H,12H2,1-2H3,(H2,21,22,24). The number of carbonyl (C=O) groups excluding carboxylic acids is 1. The molecule has 1 heterocycles. The maximum atomic E-state index is 12.2. The second kappa shape index (κ2) is 7.13. The van der Waals surface area contributed by atoms with Gasteiger partial charge in [0, 0.05) is 43.2 Å². The Morgan fingerprint density at radius 2 is 2.04 bits per heavy atom. The fourth-order valence-corrected chi connectivity index (χ4v) is 2.98. The summed E-state index contributed by atoms with van der Waals surface area (Å²) in [6.45, 7) is 0. The first-order valence-electron chi connectivity index (χ1n) is 7.78. The van der Waals surface area contributed by atoms with E-state index < -0.39 is 5.60 Å². The van der Waals surface area contributed by atoms with Gasteiger partial charge in [-0.05, 0) is 42.5 Å². The van der Waals surface area contributed by atoms with E-state index in [-0.39, 0.29) is 6.03 Å². The van der Waals surface area contributed by atoms with E-state index >= 15 is 0 Å². The minimum Gasteiger partial charge on any atom is -0.367 e. The zero-order valence-corrected chi connectivity index (χ0v) is 14.7. The molecule has 1 unspecified atom stereocenters. The maximum absolute atomic E-state index is 12.2. The van der Waals surface area contributed by atoms with Crippen LogP contribution in [0.1, 0.15) is 12.1 Å². The SMILES string of the molecule is COC1(c2ccnn2C)C=CC=C(NC(=O)Nc2ccc(Cl)cc2)C1. The molecule has 0 radical (unpaired) electrons. The Morgan fingerprint density at radius 1 is 1.28 bits per heavy atom. The van der Waals surface area contributed by atoms with Crippen molar-refractivity contribution >= 4 is 23.3 Å². The molecule has 0 bridgehead atoms. The van der Waals surface area contributed by atoms with E-state index in [1.165, 1.54) is 0 Å². The Kier molecular flexibility index (Phi) is 4.92. The van der Waals surface area contributed by atoms with Gasteiger partial charge in [-0.15, -0.1) is 0 Å². The highest BCUT2D eigenvalue weighted by molar-refractivity contribution is 6.30. The molecule has 0 saturated carbocycles. The average molecular weight is 359 g/mol. The Morgan fingerprint density at radius 3 is 2.68 bits per heavy atom.